The number of anilines is 2. The molecule has 0 bridgehead atoms. The molecule has 2 aromatic rings. The first-order chi connectivity index (χ1) is 13.4. The molecular weight excluding hydrogens is 394 g/mol. The molecule has 0 aliphatic carbocycles. The van der Waals surface area contributed by atoms with Crippen molar-refractivity contribution in [1.29, 1.82) is 0 Å². The minimum atomic E-state index is -4.09. The number of likely N-dealkylation sites (N-methyl/N-ethyl adjacent to an activating group) is 1. The molecule has 0 radical (unpaired) electrons. The lowest BCUT2D eigenvalue weighted by Crippen LogP contribution is -2.49. The summed E-state index contributed by atoms with van der Waals surface area (Å²) >= 11 is 1.70. The molecule has 146 valence electrons. The number of hydrogen-bond acceptors (Lipinski definition) is 6. The van der Waals surface area contributed by atoms with Gasteiger partial charge < -0.3 is 9.80 Å². The van der Waals surface area contributed by atoms with Gasteiger partial charge in [-0.05, 0) is 36.8 Å². The van der Waals surface area contributed by atoms with Crippen molar-refractivity contribution in [3.05, 3.63) is 60.8 Å². The van der Waals surface area contributed by atoms with Crippen molar-refractivity contribution in [3.63, 3.8) is 0 Å². The fourth-order valence-corrected chi connectivity index (χ4v) is 5.26. The Kier molecular flexibility index (Phi) is 5.18. The number of benzene rings is 2. The van der Waals surface area contributed by atoms with E-state index in [0.717, 1.165) is 21.2 Å². The maximum atomic E-state index is 11.5. The second kappa shape index (κ2) is 7.62. The molecule has 2 aliphatic rings. The first-order valence-corrected chi connectivity index (χ1v) is 11.4. The van der Waals surface area contributed by atoms with Gasteiger partial charge in [0.1, 0.15) is 6.17 Å². The van der Waals surface area contributed by atoms with E-state index in [0.29, 0.717) is 0 Å². The third-order valence-corrected chi connectivity index (χ3v) is 6.76. The van der Waals surface area contributed by atoms with E-state index in [1.54, 1.807) is 18.0 Å². The minimum Gasteiger partial charge on any atom is -0.357 e. The largest absolute Gasteiger partial charge is 0.357 e. The Balaban J connectivity index is 1.83. The van der Waals surface area contributed by atoms with Crippen LogP contribution in [0.25, 0.3) is 0 Å². The maximum Gasteiger partial charge on any atom is 0.264 e. The quantitative estimate of drug-likeness (QED) is 0.749. The Morgan fingerprint density at radius 3 is 2.29 bits per heavy atom. The summed E-state index contributed by atoms with van der Waals surface area (Å²) in [5.74, 6) is -0.324. The van der Waals surface area contributed by atoms with Gasteiger partial charge >= 0.3 is 0 Å². The number of aliphatic imine (C=N–C) groups is 1. The third kappa shape index (κ3) is 3.80. The molecule has 2 aliphatic heterocycles. The molecule has 0 saturated heterocycles. The van der Waals surface area contributed by atoms with Crippen molar-refractivity contribution in [3.8, 4) is 0 Å². The van der Waals surface area contributed by atoms with E-state index >= 15 is 0 Å². The third-order valence-electron chi connectivity index (χ3n) is 4.88. The van der Waals surface area contributed by atoms with E-state index in [2.05, 4.69) is 22.0 Å². The van der Waals surface area contributed by atoms with Crippen LogP contribution in [0.4, 0.5) is 11.4 Å². The van der Waals surface area contributed by atoms with Gasteiger partial charge in [-0.15, -0.1) is 0 Å². The number of nitrogens with zero attached hydrogens (tertiary/aromatic N) is 3. The molecule has 2 unspecified atom stereocenters. The maximum absolute atomic E-state index is 11.5. The number of hydrogen-bond donors (Lipinski definition) is 1. The van der Waals surface area contributed by atoms with Crippen LogP contribution in [-0.4, -0.2) is 49.1 Å². The zero-order valence-corrected chi connectivity index (χ0v) is 17.0. The number of allylic oxidation sites excluding steroid dienone is 1. The average Bonchev–Trinajstić information content (AvgIpc) is 2.67. The van der Waals surface area contributed by atoms with Crippen LogP contribution in [-0.2, 0) is 10.1 Å². The molecular formula is C20H21N3O3S2. The van der Waals surface area contributed by atoms with E-state index in [1.165, 1.54) is 0 Å². The van der Waals surface area contributed by atoms with Crippen molar-refractivity contribution >= 4 is 39.5 Å². The molecule has 0 fully saturated rings. The Morgan fingerprint density at radius 2 is 1.71 bits per heavy atom. The lowest BCUT2D eigenvalue weighted by atomic mass is 10.0. The molecule has 0 aromatic heterocycles. The summed E-state index contributed by atoms with van der Waals surface area (Å²) in [6.07, 6.45) is 5.48. The summed E-state index contributed by atoms with van der Waals surface area (Å²) in [6.45, 7) is 0. The van der Waals surface area contributed by atoms with Crippen LogP contribution in [0.1, 0.15) is 6.42 Å². The second-order valence-electron chi connectivity index (χ2n) is 6.77. The van der Waals surface area contributed by atoms with Gasteiger partial charge in [0.25, 0.3) is 10.1 Å². The van der Waals surface area contributed by atoms with Crippen molar-refractivity contribution in [2.75, 3.05) is 17.7 Å². The van der Waals surface area contributed by atoms with E-state index < -0.39 is 10.1 Å². The molecule has 28 heavy (non-hydrogen) atoms. The molecule has 6 nitrogen and oxygen atoms in total. The summed E-state index contributed by atoms with van der Waals surface area (Å²) < 4.78 is 32.5. The van der Waals surface area contributed by atoms with Crippen LogP contribution in [0, 0.1) is 0 Å². The highest BCUT2D eigenvalue weighted by molar-refractivity contribution is 7.99. The Labute approximate surface area is 169 Å². The SMILES string of the molecule is CN1C=CC=NC1C(CCS(=O)(=O)O)N1c2ccccc2Sc2ccccc21. The molecule has 2 heterocycles. The normalized spacial score (nSPS) is 19.3. The lowest BCUT2D eigenvalue weighted by Gasteiger charge is -2.43. The first kappa shape index (κ1) is 19.0. The summed E-state index contributed by atoms with van der Waals surface area (Å²) in [6, 6.07) is 15.9. The number of fused-ring (bicyclic) bond motifs is 2. The first-order valence-electron chi connectivity index (χ1n) is 8.96. The van der Waals surface area contributed by atoms with Crippen LogP contribution >= 0.6 is 11.8 Å². The van der Waals surface area contributed by atoms with Crippen LogP contribution in [0.5, 0.6) is 0 Å². The zero-order valence-electron chi connectivity index (χ0n) is 15.3. The molecule has 4 rings (SSSR count). The van der Waals surface area contributed by atoms with E-state index in [-0.39, 0.29) is 24.4 Å². The number of para-hydroxylation sites is 2. The van der Waals surface area contributed by atoms with Gasteiger partial charge in [0.15, 0.2) is 0 Å². The molecule has 1 N–H and O–H groups in total. The van der Waals surface area contributed by atoms with Crippen molar-refractivity contribution < 1.29 is 13.0 Å². The Hall–Kier alpha value is -2.29. The zero-order chi connectivity index (χ0) is 19.7. The summed E-state index contributed by atoms with van der Waals surface area (Å²) in [7, 11) is -2.16. The van der Waals surface area contributed by atoms with E-state index in [9.17, 15) is 13.0 Å². The monoisotopic (exact) mass is 415 g/mol. The molecule has 0 amide bonds. The van der Waals surface area contributed by atoms with E-state index in [1.807, 2.05) is 60.6 Å². The van der Waals surface area contributed by atoms with E-state index in [4.69, 9.17) is 0 Å². The fourth-order valence-electron chi connectivity index (χ4n) is 3.65. The molecule has 2 aromatic carbocycles. The number of rotatable bonds is 5. The average molecular weight is 416 g/mol. The van der Waals surface area contributed by atoms with Crippen LogP contribution in [0.15, 0.2) is 75.6 Å². The van der Waals surface area contributed by atoms with Gasteiger partial charge in [-0.1, -0.05) is 36.0 Å². The highest BCUT2D eigenvalue weighted by Crippen LogP contribution is 2.49. The lowest BCUT2D eigenvalue weighted by molar-refractivity contribution is 0.282. The van der Waals surface area contributed by atoms with Gasteiger partial charge in [-0.25, -0.2) is 0 Å². The molecule has 0 spiro atoms. The Bertz CT molecular complexity index is 991. The van der Waals surface area contributed by atoms with Crippen LogP contribution in [0.3, 0.4) is 0 Å². The summed E-state index contributed by atoms with van der Waals surface area (Å²) in [5.41, 5.74) is 2.04. The molecule has 8 heteroatoms. The van der Waals surface area contributed by atoms with Gasteiger partial charge in [0, 0.05) is 29.3 Å². The highest BCUT2D eigenvalue weighted by Gasteiger charge is 2.36. The van der Waals surface area contributed by atoms with Crippen molar-refractivity contribution in [1.82, 2.24) is 4.90 Å². The van der Waals surface area contributed by atoms with Gasteiger partial charge in [-0.2, -0.15) is 8.42 Å². The predicted octanol–water partition coefficient (Wildman–Crippen LogP) is 3.79. The van der Waals surface area contributed by atoms with Gasteiger partial charge in [-0.3, -0.25) is 9.55 Å². The smallest absolute Gasteiger partial charge is 0.264 e. The summed E-state index contributed by atoms with van der Waals surface area (Å²) in [5, 5.41) is 0. The Morgan fingerprint density at radius 1 is 1.11 bits per heavy atom. The van der Waals surface area contributed by atoms with Crippen molar-refractivity contribution in [2.45, 2.75) is 28.4 Å². The van der Waals surface area contributed by atoms with Crippen LogP contribution < -0.4 is 4.90 Å². The molecule has 0 saturated carbocycles. The highest BCUT2D eigenvalue weighted by atomic mass is 32.2. The van der Waals surface area contributed by atoms with Gasteiger partial charge in [0.2, 0.25) is 0 Å². The molecule has 2 atom stereocenters. The predicted molar refractivity (Wildman–Crippen MR) is 113 cm³/mol. The second-order valence-corrected chi connectivity index (χ2v) is 9.42. The fraction of sp³-hybridized carbons (Fsp3) is 0.250. The van der Waals surface area contributed by atoms with Crippen LogP contribution in [0.2, 0.25) is 0 Å². The minimum absolute atomic E-state index is 0.242. The summed E-state index contributed by atoms with van der Waals surface area (Å²) in [4.78, 5) is 11.0. The standard InChI is InChI=1S/C20H21N3O3S2/c1-22-13-6-12-21-20(22)17(11-14-28(24,25)26)23-15-7-2-4-9-18(15)27-19-10-5-3-8-16(19)23/h2-10,12-13,17,20H,11,14H2,1H3,(H,24,25,26). The van der Waals surface area contributed by atoms with Gasteiger partial charge in [0.05, 0.1) is 23.2 Å². The van der Waals surface area contributed by atoms with Crippen molar-refractivity contribution in [2.24, 2.45) is 4.99 Å². The topological polar surface area (TPSA) is 73.2 Å².